The Bertz CT molecular complexity index is 537. The summed E-state index contributed by atoms with van der Waals surface area (Å²) < 4.78 is 0. The first kappa shape index (κ1) is 13.8. The monoisotopic (exact) mass is 260 g/mol. The number of aromatic nitrogens is 1. The van der Waals surface area contributed by atoms with Crippen molar-refractivity contribution in [1.29, 1.82) is 0 Å². The molecule has 0 aliphatic heterocycles. The second kappa shape index (κ2) is 6.50. The molecule has 0 spiro atoms. The van der Waals surface area contributed by atoms with Gasteiger partial charge in [0, 0.05) is 24.2 Å². The molecule has 102 valence electrons. The van der Waals surface area contributed by atoms with E-state index in [1.165, 1.54) is 0 Å². The van der Waals surface area contributed by atoms with Gasteiger partial charge < -0.3 is 15.1 Å². The van der Waals surface area contributed by atoms with Gasteiger partial charge in [-0.3, -0.25) is 4.98 Å². The first-order valence-electron chi connectivity index (χ1n) is 6.65. The molecule has 1 heterocycles. The zero-order chi connectivity index (χ0) is 13.7. The van der Waals surface area contributed by atoms with Gasteiger partial charge in [-0.2, -0.15) is 0 Å². The first-order chi connectivity index (χ1) is 9.30. The van der Waals surface area contributed by atoms with Crippen LogP contribution in [0.25, 0.3) is 10.9 Å². The lowest BCUT2D eigenvalue weighted by atomic mass is 10.1. The standard InChI is InChI=1S/C15H20N2O2/c1-2-7-17(8-9-18)15-10-12(11-19)16-14-6-4-3-5-13(14)15/h3-6,10,18-19H,2,7-9,11H2,1H3. The molecule has 0 amide bonds. The van der Waals surface area contributed by atoms with Crippen molar-refractivity contribution in [3.63, 3.8) is 0 Å². The van der Waals surface area contributed by atoms with Crippen LogP contribution in [0.15, 0.2) is 30.3 Å². The van der Waals surface area contributed by atoms with Gasteiger partial charge in [0.15, 0.2) is 0 Å². The largest absolute Gasteiger partial charge is 0.395 e. The summed E-state index contributed by atoms with van der Waals surface area (Å²) in [6, 6.07) is 9.80. The van der Waals surface area contributed by atoms with E-state index in [4.69, 9.17) is 0 Å². The molecule has 4 nitrogen and oxygen atoms in total. The van der Waals surface area contributed by atoms with Crippen molar-refractivity contribution >= 4 is 16.6 Å². The van der Waals surface area contributed by atoms with Gasteiger partial charge in [0.05, 0.1) is 24.4 Å². The Balaban J connectivity index is 2.54. The summed E-state index contributed by atoms with van der Waals surface area (Å²) in [7, 11) is 0. The van der Waals surface area contributed by atoms with E-state index in [9.17, 15) is 10.2 Å². The van der Waals surface area contributed by atoms with Crippen LogP contribution in [0.5, 0.6) is 0 Å². The normalized spacial score (nSPS) is 10.9. The van der Waals surface area contributed by atoms with E-state index in [0.717, 1.165) is 29.6 Å². The summed E-state index contributed by atoms with van der Waals surface area (Å²) in [5, 5.41) is 19.6. The molecule has 0 radical (unpaired) electrons. The van der Waals surface area contributed by atoms with Crippen LogP contribution < -0.4 is 4.90 Å². The second-order valence-electron chi connectivity index (χ2n) is 4.52. The maximum Gasteiger partial charge on any atom is 0.0854 e. The Morgan fingerprint density at radius 1 is 1.16 bits per heavy atom. The van der Waals surface area contributed by atoms with Gasteiger partial charge in [0.1, 0.15) is 0 Å². The van der Waals surface area contributed by atoms with Crippen molar-refractivity contribution in [2.45, 2.75) is 20.0 Å². The van der Waals surface area contributed by atoms with Gasteiger partial charge in [-0.25, -0.2) is 0 Å². The smallest absolute Gasteiger partial charge is 0.0854 e. The Hall–Kier alpha value is -1.65. The van der Waals surface area contributed by atoms with Crippen LogP contribution in [0, 0.1) is 0 Å². The number of hydrogen-bond acceptors (Lipinski definition) is 4. The number of para-hydroxylation sites is 1. The van der Waals surface area contributed by atoms with Crippen LogP contribution in [0.3, 0.4) is 0 Å². The third-order valence-corrected chi connectivity index (χ3v) is 3.11. The van der Waals surface area contributed by atoms with E-state index in [2.05, 4.69) is 16.8 Å². The number of fused-ring (bicyclic) bond motifs is 1. The SMILES string of the molecule is CCCN(CCO)c1cc(CO)nc2ccccc12. The van der Waals surface area contributed by atoms with Gasteiger partial charge in [-0.1, -0.05) is 25.1 Å². The van der Waals surface area contributed by atoms with Crippen molar-refractivity contribution in [1.82, 2.24) is 4.98 Å². The summed E-state index contributed by atoms with van der Waals surface area (Å²) in [6.45, 7) is 3.62. The molecule has 0 bridgehead atoms. The van der Waals surface area contributed by atoms with E-state index in [0.29, 0.717) is 12.2 Å². The van der Waals surface area contributed by atoms with Gasteiger partial charge >= 0.3 is 0 Å². The van der Waals surface area contributed by atoms with Gasteiger partial charge in [-0.05, 0) is 18.6 Å². The molecule has 0 fully saturated rings. The number of anilines is 1. The third-order valence-electron chi connectivity index (χ3n) is 3.11. The Morgan fingerprint density at radius 2 is 1.95 bits per heavy atom. The molecule has 19 heavy (non-hydrogen) atoms. The molecule has 2 N–H and O–H groups in total. The fraction of sp³-hybridized carbons (Fsp3) is 0.400. The maximum atomic E-state index is 9.33. The van der Waals surface area contributed by atoms with E-state index in [1.807, 2.05) is 30.3 Å². The molecule has 2 rings (SSSR count). The zero-order valence-corrected chi connectivity index (χ0v) is 11.2. The van der Waals surface area contributed by atoms with Crippen molar-refractivity contribution in [3.05, 3.63) is 36.0 Å². The van der Waals surface area contributed by atoms with Crippen LogP contribution in [0.2, 0.25) is 0 Å². The van der Waals surface area contributed by atoms with Gasteiger partial charge in [0.25, 0.3) is 0 Å². The first-order valence-corrected chi connectivity index (χ1v) is 6.65. The van der Waals surface area contributed by atoms with Crippen LogP contribution in [-0.4, -0.2) is 34.9 Å². The third kappa shape index (κ3) is 3.03. The summed E-state index contributed by atoms with van der Waals surface area (Å²) in [6.07, 6.45) is 1.01. The highest BCUT2D eigenvalue weighted by Gasteiger charge is 2.11. The van der Waals surface area contributed by atoms with Crippen LogP contribution in [-0.2, 0) is 6.61 Å². The van der Waals surface area contributed by atoms with Gasteiger partial charge in [0.2, 0.25) is 0 Å². The number of benzene rings is 1. The Labute approximate surface area is 113 Å². The summed E-state index contributed by atoms with van der Waals surface area (Å²) >= 11 is 0. The van der Waals surface area contributed by atoms with Crippen molar-refractivity contribution < 1.29 is 10.2 Å². The molecule has 1 aromatic heterocycles. The fourth-order valence-electron chi connectivity index (χ4n) is 2.30. The Morgan fingerprint density at radius 3 is 2.63 bits per heavy atom. The van der Waals surface area contributed by atoms with E-state index >= 15 is 0 Å². The van der Waals surface area contributed by atoms with E-state index in [1.54, 1.807) is 0 Å². The van der Waals surface area contributed by atoms with E-state index < -0.39 is 0 Å². The molecular weight excluding hydrogens is 240 g/mol. The maximum absolute atomic E-state index is 9.33. The fourth-order valence-corrected chi connectivity index (χ4v) is 2.30. The second-order valence-corrected chi connectivity index (χ2v) is 4.52. The van der Waals surface area contributed by atoms with E-state index in [-0.39, 0.29) is 13.2 Å². The van der Waals surface area contributed by atoms with Crippen molar-refractivity contribution in [2.75, 3.05) is 24.6 Å². The molecule has 2 aromatic rings. The summed E-state index contributed by atoms with van der Waals surface area (Å²) in [4.78, 5) is 6.56. The molecular formula is C15H20N2O2. The summed E-state index contributed by atoms with van der Waals surface area (Å²) in [5.74, 6) is 0. The quantitative estimate of drug-likeness (QED) is 0.833. The topological polar surface area (TPSA) is 56.6 Å². The molecule has 0 aliphatic carbocycles. The Kier molecular flexibility index (Phi) is 4.71. The number of nitrogens with zero attached hydrogens (tertiary/aromatic N) is 2. The number of pyridine rings is 1. The number of hydrogen-bond donors (Lipinski definition) is 2. The number of aliphatic hydroxyl groups is 2. The predicted octanol–water partition coefficient (Wildman–Crippen LogP) is 1.94. The molecule has 0 aliphatic rings. The molecule has 4 heteroatoms. The van der Waals surface area contributed by atoms with Crippen molar-refractivity contribution in [2.24, 2.45) is 0 Å². The lowest BCUT2D eigenvalue weighted by molar-refractivity contribution is 0.277. The highest BCUT2D eigenvalue weighted by molar-refractivity contribution is 5.92. The van der Waals surface area contributed by atoms with Crippen LogP contribution in [0.4, 0.5) is 5.69 Å². The lowest BCUT2D eigenvalue weighted by Crippen LogP contribution is -2.27. The highest BCUT2D eigenvalue weighted by Crippen LogP contribution is 2.27. The molecule has 1 aromatic carbocycles. The minimum Gasteiger partial charge on any atom is -0.395 e. The highest BCUT2D eigenvalue weighted by atomic mass is 16.3. The lowest BCUT2D eigenvalue weighted by Gasteiger charge is -2.25. The number of aliphatic hydroxyl groups excluding tert-OH is 2. The van der Waals surface area contributed by atoms with Crippen LogP contribution in [0.1, 0.15) is 19.0 Å². The molecule has 0 saturated carbocycles. The molecule has 0 unspecified atom stereocenters. The molecule has 0 atom stereocenters. The molecule has 0 saturated heterocycles. The van der Waals surface area contributed by atoms with Gasteiger partial charge in [-0.15, -0.1) is 0 Å². The predicted molar refractivity (Wildman–Crippen MR) is 77.3 cm³/mol. The minimum absolute atomic E-state index is 0.0725. The number of rotatable bonds is 6. The average Bonchev–Trinajstić information content (AvgIpc) is 2.46. The summed E-state index contributed by atoms with van der Waals surface area (Å²) in [5.41, 5.74) is 2.57. The average molecular weight is 260 g/mol. The minimum atomic E-state index is -0.0725. The van der Waals surface area contributed by atoms with Crippen LogP contribution >= 0.6 is 0 Å². The zero-order valence-electron chi connectivity index (χ0n) is 11.2. The van der Waals surface area contributed by atoms with Crippen molar-refractivity contribution in [3.8, 4) is 0 Å².